The fourth-order valence-electron chi connectivity index (χ4n) is 3.40. The summed E-state index contributed by atoms with van der Waals surface area (Å²) in [6.07, 6.45) is 3.10. The first kappa shape index (κ1) is 17.2. The van der Waals surface area contributed by atoms with Crippen molar-refractivity contribution in [1.82, 2.24) is 0 Å². The molecule has 5 heteroatoms. The molecule has 2 rings (SSSR count). The molecule has 0 N–H and O–H groups in total. The van der Waals surface area contributed by atoms with Crippen molar-refractivity contribution in [2.24, 2.45) is 17.8 Å². The first-order valence-electron chi connectivity index (χ1n) is 7.85. The number of hydrogen-bond acceptors (Lipinski definition) is 5. The van der Waals surface area contributed by atoms with Crippen molar-refractivity contribution in [2.45, 2.75) is 25.7 Å². The molecule has 0 saturated heterocycles. The van der Waals surface area contributed by atoms with E-state index < -0.39 is 17.9 Å². The Balaban J connectivity index is 2.31. The number of hydrogen-bond donors (Lipinski definition) is 0. The Hall–Kier alpha value is -2.17. The Kier molecular flexibility index (Phi) is 5.90. The first-order chi connectivity index (χ1) is 11.1. The van der Waals surface area contributed by atoms with Crippen molar-refractivity contribution in [1.29, 1.82) is 0 Å². The summed E-state index contributed by atoms with van der Waals surface area (Å²) in [4.78, 5) is 37.0. The van der Waals surface area contributed by atoms with Crippen molar-refractivity contribution >= 4 is 17.7 Å². The molecule has 1 aromatic rings. The molecule has 0 unspecified atom stereocenters. The predicted octanol–water partition coefficient (Wildman–Crippen LogP) is 2.64. The Morgan fingerprint density at radius 1 is 0.957 bits per heavy atom. The highest BCUT2D eigenvalue weighted by Gasteiger charge is 2.44. The number of carbonyl (C=O) groups excluding carboxylic acids is 3. The maximum absolute atomic E-state index is 12.8. The van der Waals surface area contributed by atoms with E-state index in [4.69, 9.17) is 9.47 Å². The zero-order chi connectivity index (χ0) is 16.8. The Labute approximate surface area is 136 Å². The molecule has 1 saturated carbocycles. The summed E-state index contributed by atoms with van der Waals surface area (Å²) in [6.45, 7) is 0. The minimum Gasteiger partial charge on any atom is -0.468 e. The van der Waals surface area contributed by atoms with E-state index in [0.29, 0.717) is 18.4 Å². The van der Waals surface area contributed by atoms with Crippen LogP contribution in [0.4, 0.5) is 0 Å². The number of ether oxygens (including phenoxy) is 2. The normalized spacial score (nSPS) is 20.8. The molecule has 0 aliphatic heterocycles. The molecule has 0 aromatic heterocycles. The average molecular weight is 318 g/mol. The van der Waals surface area contributed by atoms with Crippen LogP contribution >= 0.6 is 0 Å². The molecule has 0 heterocycles. The molecule has 0 spiro atoms. The molecule has 1 aliphatic carbocycles. The van der Waals surface area contributed by atoms with Crippen LogP contribution in [0.15, 0.2) is 30.3 Å². The van der Waals surface area contributed by atoms with E-state index in [2.05, 4.69) is 0 Å². The molecule has 1 fully saturated rings. The van der Waals surface area contributed by atoms with E-state index in [9.17, 15) is 14.4 Å². The average Bonchev–Trinajstić information content (AvgIpc) is 2.62. The lowest BCUT2D eigenvalue weighted by Gasteiger charge is -2.33. The van der Waals surface area contributed by atoms with Crippen LogP contribution in [0.2, 0.25) is 0 Å². The Bertz CT molecular complexity index is 550. The van der Waals surface area contributed by atoms with Crippen LogP contribution in [0.1, 0.15) is 36.0 Å². The van der Waals surface area contributed by atoms with E-state index >= 15 is 0 Å². The second-order valence-corrected chi connectivity index (χ2v) is 5.81. The zero-order valence-electron chi connectivity index (χ0n) is 13.5. The fourth-order valence-corrected chi connectivity index (χ4v) is 3.40. The number of carbonyl (C=O) groups is 3. The topological polar surface area (TPSA) is 69.7 Å². The van der Waals surface area contributed by atoms with Crippen molar-refractivity contribution in [3.63, 3.8) is 0 Å². The number of rotatable bonds is 5. The van der Waals surface area contributed by atoms with Gasteiger partial charge in [-0.05, 0) is 18.8 Å². The van der Waals surface area contributed by atoms with Gasteiger partial charge in [-0.25, -0.2) is 0 Å². The molecule has 23 heavy (non-hydrogen) atoms. The van der Waals surface area contributed by atoms with Crippen LogP contribution in [0.3, 0.4) is 0 Å². The maximum Gasteiger partial charge on any atom is 0.320 e. The number of esters is 2. The van der Waals surface area contributed by atoms with Gasteiger partial charge in [0, 0.05) is 11.5 Å². The first-order valence-corrected chi connectivity index (χ1v) is 7.85. The van der Waals surface area contributed by atoms with Crippen LogP contribution in [-0.2, 0) is 19.1 Å². The monoisotopic (exact) mass is 318 g/mol. The molecular formula is C18H22O5. The van der Waals surface area contributed by atoms with Crippen molar-refractivity contribution in [2.75, 3.05) is 14.2 Å². The van der Waals surface area contributed by atoms with Crippen LogP contribution in [-0.4, -0.2) is 31.9 Å². The third-order valence-corrected chi connectivity index (χ3v) is 4.55. The predicted molar refractivity (Wildman–Crippen MR) is 83.7 cm³/mol. The minimum absolute atomic E-state index is 0.0203. The number of methoxy groups -OCH3 is 2. The molecule has 0 bridgehead atoms. The van der Waals surface area contributed by atoms with Crippen molar-refractivity contribution < 1.29 is 23.9 Å². The summed E-state index contributed by atoms with van der Waals surface area (Å²) < 4.78 is 9.54. The van der Waals surface area contributed by atoms with E-state index in [1.165, 1.54) is 14.2 Å². The smallest absolute Gasteiger partial charge is 0.320 e. The second-order valence-electron chi connectivity index (χ2n) is 5.81. The highest BCUT2D eigenvalue weighted by Crippen LogP contribution is 2.38. The third-order valence-electron chi connectivity index (χ3n) is 4.55. The van der Waals surface area contributed by atoms with Crippen LogP contribution < -0.4 is 0 Å². The largest absolute Gasteiger partial charge is 0.468 e. The van der Waals surface area contributed by atoms with Gasteiger partial charge in [-0.2, -0.15) is 0 Å². The van der Waals surface area contributed by atoms with Gasteiger partial charge in [-0.3, -0.25) is 14.4 Å². The molecule has 124 valence electrons. The standard InChI is InChI=1S/C18H22O5/c1-22-17(20)15(18(21)23-2)13-10-6-7-11-14(13)16(19)12-8-4-3-5-9-12/h3-5,8-9,13-15H,6-7,10-11H2,1-2H3/t13-,14-/m0/s1. The van der Waals surface area contributed by atoms with Gasteiger partial charge in [0.25, 0.3) is 0 Å². The molecule has 5 nitrogen and oxygen atoms in total. The molecule has 0 amide bonds. The Morgan fingerprint density at radius 2 is 1.52 bits per heavy atom. The van der Waals surface area contributed by atoms with E-state index in [1.54, 1.807) is 12.1 Å². The third kappa shape index (κ3) is 3.78. The zero-order valence-corrected chi connectivity index (χ0v) is 13.5. The summed E-state index contributed by atoms with van der Waals surface area (Å²) in [6, 6.07) is 8.99. The molecular weight excluding hydrogens is 296 g/mol. The van der Waals surface area contributed by atoms with Crippen molar-refractivity contribution in [3.8, 4) is 0 Å². The summed E-state index contributed by atoms with van der Waals surface area (Å²) >= 11 is 0. The van der Waals surface area contributed by atoms with Gasteiger partial charge in [0.2, 0.25) is 0 Å². The van der Waals surface area contributed by atoms with Crippen LogP contribution in [0, 0.1) is 17.8 Å². The van der Waals surface area contributed by atoms with Crippen LogP contribution in [0.5, 0.6) is 0 Å². The highest BCUT2D eigenvalue weighted by atomic mass is 16.5. The lowest BCUT2D eigenvalue weighted by molar-refractivity contribution is -0.163. The highest BCUT2D eigenvalue weighted by molar-refractivity contribution is 6.00. The molecule has 2 atom stereocenters. The van der Waals surface area contributed by atoms with E-state index in [0.717, 1.165) is 12.8 Å². The molecule has 1 aliphatic rings. The lowest BCUT2D eigenvalue weighted by Crippen LogP contribution is -2.41. The van der Waals surface area contributed by atoms with Gasteiger partial charge in [0.05, 0.1) is 14.2 Å². The van der Waals surface area contributed by atoms with Gasteiger partial charge in [0.15, 0.2) is 11.7 Å². The number of ketones is 1. The summed E-state index contributed by atoms with van der Waals surface area (Å²) in [5, 5.41) is 0. The SMILES string of the molecule is COC(=O)C(C(=O)OC)[C@H]1CCCC[C@@H]1C(=O)c1ccccc1. The van der Waals surface area contributed by atoms with Gasteiger partial charge in [-0.15, -0.1) is 0 Å². The number of Topliss-reactive ketones (excluding diaryl/α,β-unsaturated/α-hetero) is 1. The lowest BCUT2D eigenvalue weighted by atomic mass is 9.69. The van der Waals surface area contributed by atoms with Gasteiger partial charge in [-0.1, -0.05) is 43.2 Å². The van der Waals surface area contributed by atoms with Crippen molar-refractivity contribution in [3.05, 3.63) is 35.9 Å². The van der Waals surface area contributed by atoms with Gasteiger partial charge in [0.1, 0.15) is 0 Å². The second kappa shape index (κ2) is 7.90. The molecule has 1 aromatic carbocycles. The van der Waals surface area contributed by atoms with Crippen LogP contribution in [0.25, 0.3) is 0 Å². The maximum atomic E-state index is 12.8. The summed E-state index contributed by atoms with van der Waals surface area (Å²) in [5.41, 5.74) is 0.609. The van der Waals surface area contributed by atoms with E-state index in [-0.39, 0.29) is 17.6 Å². The summed E-state index contributed by atoms with van der Waals surface area (Å²) in [5.74, 6) is -3.06. The van der Waals surface area contributed by atoms with Gasteiger partial charge < -0.3 is 9.47 Å². The molecule has 0 radical (unpaired) electrons. The Morgan fingerprint density at radius 3 is 2.09 bits per heavy atom. The summed E-state index contributed by atoms with van der Waals surface area (Å²) in [7, 11) is 2.49. The fraction of sp³-hybridized carbons (Fsp3) is 0.500. The van der Waals surface area contributed by atoms with E-state index in [1.807, 2.05) is 18.2 Å². The quantitative estimate of drug-likeness (QED) is 0.474. The number of benzene rings is 1. The minimum atomic E-state index is -1.04. The van der Waals surface area contributed by atoms with Gasteiger partial charge >= 0.3 is 11.9 Å².